The van der Waals surface area contributed by atoms with Gasteiger partial charge in [0.2, 0.25) is 5.91 Å². The van der Waals surface area contributed by atoms with E-state index in [2.05, 4.69) is 10.6 Å². The lowest BCUT2D eigenvalue weighted by Crippen LogP contribution is -2.20. The second-order valence-electron chi connectivity index (χ2n) is 5.42. The van der Waals surface area contributed by atoms with Gasteiger partial charge in [0.05, 0.1) is 11.3 Å². The normalized spacial score (nSPS) is 13.9. The number of alkyl halides is 3. The summed E-state index contributed by atoms with van der Waals surface area (Å²) in [5, 5.41) is 4.99. The molecule has 2 amide bonds. The van der Waals surface area contributed by atoms with E-state index in [4.69, 9.17) is 0 Å². The van der Waals surface area contributed by atoms with Crippen molar-refractivity contribution in [3.05, 3.63) is 59.2 Å². The van der Waals surface area contributed by atoms with E-state index in [1.54, 1.807) is 12.1 Å². The highest BCUT2D eigenvalue weighted by molar-refractivity contribution is 6.05. The van der Waals surface area contributed by atoms with E-state index in [-0.39, 0.29) is 17.2 Å². The van der Waals surface area contributed by atoms with Crippen LogP contribution in [0.5, 0.6) is 0 Å². The van der Waals surface area contributed by atoms with E-state index in [1.165, 1.54) is 24.3 Å². The molecule has 0 fully saturated rings. The van der Waals surface area contributed by atoms with Crippen LogP contribution in [0, 0.1) is 0 Å². The molecule has 1 aliphatic rings. The number of carbonyl (C=O) groups is 2. The molecule has 0 spiro atoms. The quantitative estimate of drug-likeness (QED) is 0.877. The van der Waals surface area contributed by atoms with Crippen molar-refractivity contribution in [3.8, 4) is 0 Å². The highest BCUT2D eigenvalue weighted by atomic mass is 19.4. The summed E-state index contributed by atoms with van der Waals surface area (Å²) in [6.07, 6.45) is -3.75. The number of nitrogens with one attached hydrogen (secondary N) is 2. The Bertz CT molecular complexity index is 816. The van der Waals surface area contributed by atoms with Crippen LogP contribution in [0.2, 0.25) is 0 Å². The summed E-state index contributed by atoms with van der Waals surface area (Å²) in [6.45, 7) is 0. The summed E-state index contributed by atoms with van der Waals surface area (Å²) in [6, 6.07) is 9.44. The fraction of sp³-hybridized carbons (Fsp3) is 0.176. The van der Waals surface area contributed by atoms with E-state index in [9.17, 15) is 22.8 Å². The zero-order chi connectivity index (χ0) is 17.3. The number of benzene rings is 2. The third-order valence-electron chi connectivity index (χ3n) is 3.74. The Labute approximate surface area is 135 Å². The summed E-state index contributed by atoms with van der Waals surface area (Å²) in [4.78, 5) is 23.6. The van der Waals surface area contributed by atoms with Crippen LogP contribution in [0.15, 0.2) is 42.5 Å². The Morgan fingerprint density at radius 2 is 1.83 bits per heavy atom. The Morgan fingerprint density at radius 3 is 2.58 bits per heavy atom. The molecule has 1 heterocycles. The molecular formula is C17H13F3N2O2. The average molecular weight is 334 g/mol. The van der Waals surface area contributed by atoms with E-state index in [0.29, 0.717) is 18.5 Å². The standard InChI is InChI=1S/C17H13F3N2O2/c18-17(19,20)12-3-1-2-4-14(12)22-16(24)11-5-7-13-10(9-11)6-8-15(23)21-13/h1-5,7,9H,6,8H2,(H,21,23)(H,22,24). The van der Waals surface area contributed by atoms with Gasteiger partial charge in [0.15, 0.2) is 0 Å². The topological polar surface area (TPSA) is 58.2 Å². The predicted molar refractivity (Wildman–Crippen MR) is 82.8 cm³/mol. The maximum absolute atomic E-state index is 13.0. The summed E-state index contributed by atoms with van der Waals surface area (Å²) in [5.74, 6) is -0.731. The number of hydrogen-bond acceptors (Lipinski definition) is 2. The first kappa shape index (κ1) is 16.0. The fourth-order valence-electron chi connectivity index (χ4n) is 2.56. The summed E-state index contributed by atoms with van der Waals surface area (Å²) in [5.41, 5.74) is 0.455. The molecule has 2 N–H and O–H groups in total. The number of aryl methyl sites for hydroxylation is 1. The number of para-hydroxylation sites is 1. The molecule has 1 aliphatic heterocycles. The van der Waals surface area contributed by atoms with Crippen LogP contribution >= 0.6 is 0 Å². The molecule has 0 aromatic heterocycles. The summed E-state index contributed by atoms with van der Waals surface area (Å²) in [7, 11) is 0. The highest BCUT2D eigenvalue weighted by Crippen LogP contribution is 2.34. The molecule has 0 aliphatic carbocycles. The number of anilines is 2. The molecule has 0 saturated carbocycles. The second-order valence-corrected chi connectivity index (χ2v) is 5.42. The van der Waals surface area contributed by atoms with Crippen LogP contribution in [-0.2, 0) is 17.4 Å². The van der Waals surface area contributed by atoms with Crippen LogP contribution in [0.1, 0.15) is 27.9 Å². The molecule has 2 aromatic carbocycles. The van der Waals surface area contributed by atoms with Crippen LogP contribution in [0.3, 0.4) is 0 Å². The lowest BCUT2D eigenvalue weighted by molar-refractivity contribution is -0.136. The monoisotopic (exact) mass is 334 g/mol. The highest BCUT2D eigenvalue weighted by Gasteiger charge is 2.33. The molecule has 0 radical (unpaired) electrons. The van der Waals surface area contributed by atoms with Gasteiger partial charge in [-0.3, -0.25) is 9.59 Å². The number of halogens is 3. The minimum Gasteiger partial charge on any atom is -0.326 e. The lowest BCUT2D eigenvalue weighted by Gasteiger charge is -2.18. The number of fused-ring (bicyclic) bond motifs is 1. The van der Waals surface area contributed by atoms with Gasteiger partial charge in [-0.1, -0.05) is 12.1 Å². The lowest BCUT2D eigenvalue weighted by atomic mass is 10.00. The van der Waals surface area contributed by atoms with Crippen LogP contribution in [0.4, 0.5) is 24.5 Å². The molecule has 24 heavy (non-hydrogen) atoms. The number of rotatable bonds is 2. The molecule has 0 unspecified atom stereocenters. The zero-order valence-electron chi connectivity index (χ0n) is 12.4. The van der Waals surface area contributed by atoms with E-state index >= 15 is 0 Å². The van der Waals surface area contributed by atoms with Gasteiger partial charge in [-0.2, -0.15) is 13.2 Å². The molecule has 0 bridgehead atoms. The van der Waals surface area contributed by atoms with Crippen molar-refractivity contribution in [2.24, 2.45) is 0 Å². The van der Waals surface area contributed by atoms with Crippen molar-refractivity contribution in [2.75, 3.05) is 10.6 Å². The smallest absolute Gasteiger partial charge is 0.326 e. The van der Waals surface area contributed by atoms with Gasteiger partial charge in [-0.05, 0) is 42.3 Å². The Balaban J connectivity index is 1.85. The fourth-order valence-corrected chi connectivity index (χ4v) is 2.56. The van der Waals surface area contributed by atoms with E-state index in [0.717, 1.165) is 11.6 Å². The third-order valence-corrected chi connectivity index (χ3v) is 3.74. The molecular weight excluding hydrogens is 321 g/mol. The van der Waals surface area contributed by atoms with Crippen LogP contribution < -0.4 is 10.6 Å². The van der Waals surface area contributed by atoms with Gasteiger partial charge >= 0.3 is 6.18 Å². The van der Waals surface area contributed by atoms with Crippen LogP contribution in [-0.4, -0.2) is 11.8 Å². The molecule has 0 atom stereocenters. The van der Waals surface area contributed by atoms with Crippen LogP contribution in [0.25, 0.3) is 0 Å². The molecule has 124 valence electrons. The predicted octanol–water partition coefficient (Wildman–Crippen LogP) is 3.84. The third kappa shape index (κ3) is 3.24. The van der Waals surface area contributed by atoms with Crippen molar-refractivity contribution in [1.82, 2.24) is 0 Å². The molecule has 3 rings (SSSR count). The van der Waals surface area contributed by atoms with E-state index in [1.807, 2.05) is 0 Å². The van der Waals surface area contributed by atoms with Crippen molar-refractivity contribution in [1.29, 1.82) is 0 Å². The van der Waals surface area contributed by atoms with E-state index < -0.39 is 17.6 Å². The minimum atomic E-state index is -4.55. The van der Waals surface area contributed by atoms with Gasteiger partial charge in [0, 0.05) is 17.7 Å². The van der Waals surface area contributed by atoms with Gasteiger partial charge in [-0.15, -0.1) is 0 Å². The number of hydrogen-bond donors (Lipinski definition) is 2. The second kappa shape index (κ2) is 5.99. The van der Waals surface area contributed by atoms with Gasteiger partial charge < -0.3 is 10.6 Å². The first-order valence-corrected chi connectivity index (χ1v) is 7.25. The molecule has 0 saturated heterocycles. The Morgan fingerprint density at radius 1 is 1.08 bits per heavy atom. The maximum Gasteiger partial charge on any atom is 0.418 e. The van der Waals surface area contributed by atoms with Crippen molar-refractivity contribution in [3.63, 3.8) is 0 Å². The molecule has 2 aromatic rings. The first-order valence-electron chi connectivity index (χ1n) is 7.25. The van der Waals surface area contributed by atoms with Crippen molar-refractivity contribution >= 4 is 23.2 Å². The zero-order valence-corrected chi connectivity index (χ0v) is 12.4. The Hall–Kier alpha value is -2.83. The largest absolute Gasteiger partial charge is 0.418 e. The molecule has 4 nitrogen and oxygen atoms in total. The summed E-state index contributed by atoms with van der Waals surface area (Å²) >= 11 is 0. The SMILES string of the molecule is O=C1CCc2cc(C(=O)Nc3ccccc3C(F)(F)F)ccc2N1. The maximum atomic E-state index is 13.0. The van der Waals surface area contributed by atoms with Gasteiger partial charge in [-0.25, -0.2) is 0 Å². The first-order chi connectivity index (χ1) is 11.3. The molecule has 7 heteroatoms. The van der Waals surface area contributed by atoms with Crippen molar-refractivity contribution in [2.45, 2.75) is 19.0 Å². The number of amides is 2. The van der Waals surface area contributed by atoms with Crippen molar-refractivity contribution < 1.29 is 22.8 Å². The number of carbonyl (C=O) groups excluding carboxylic acids is 2. The summed E-state index contributed by atoms with van der Waals surface area (Å²) < 4.78 is 38.9. The van der Waals surface area contributed by atoms with Gasteiger partial charge in [0.25, 0.3) is 5.91 Å². The minimum absolute atomic E-state index is 0.0983. The Kier molecular flexibility index (Phi) is 4.01. The van der Waals surface area contributed by atoms with Gasteiger partial charge in [0.1, 0.15) is 0 Å². The average Bonchev–Trinajstić information content (AvgIpc) is 2.53.